The molecule has 0 bridgehead atoms. The fourth-order valence-electron chi connectivity index (χ4n) is 5.05. The number of carboxylic acid groups (broad SMARTS) is 1. The molecule has 1 aliphatic carbocycles. The van der Waals surface area contributed by atoms with Gasteiger partial charge in [0.1, 0.15) is 0 Å². The molecule has 190 valence electrons. The number of methoxy groups -OCH3 is 1. The number of rotatable bonds is 7. The fraction of sp³-hybridized carbons (Fsp3) is 0.276. The maximum absolute atomic E-state index is 13.3. The fourth-order valence-corrected chi connectivity index (χ4v) is 5.27. The molecular weight excluding hydrogens is 490 g/mol. The highest BCUT2D eigenvalue weighted by Crippen LogP contribution is 2.30. The van der Waals surface area contributed by atoms with Gasteiger partial charge in [0.05, 0.1) is 24.1 Å². The van der Waals surface area contributed by atoms with Crippen LogP contribution in [-0.2, 0) is 11.3 Å². The molecule has 1 fully saturated rings. The Morgan fingerprint density at radius 2 is 1.81 bits per heavy atom. The number of aromatic nitrogens is 2. The minimum atomic E-state index is -0.754. The minimum absolute atomic E-state index is 0.0309. The number of benzene rings is 2. The zero-order valence-electron chi connectivity index (χ0n) is 20.5. The summed E-state index contributed by atoms with van der Waals surface area (Å²) in [6.45, 7) is 0.577. The average Bonchev–Trinajstić information content (AvgIpc) is 3.34. The zero-order valence-corrected chi connectivity index (χ0v) is 21.2. The molecule has 2 N–H and O–H groups in total. The molecule has 0 spiro atoms. The van der Waals surface area contributed by atoms with Crippen LogP contribution < -0.4 is 10.1 Å². The summed E-state index contributed by atoms with van der Waals surface area (Å²) < 4.78 is 7.28. The van der Waals surface area contributed by atoms with Crippen LogP contribution in [0.1, 0.15) is 41.6 Å². The lowest BCUT2D eigenvalue weighted by molar-refractivity contribution is -0.142. The number of amides is 1. The van der Waals surface area contributed by atoms with Gasteiger partial charge in [-0.15, -0.1) is 0 Å². The molecule has 0 saturated heterocycles. The van der Waals surface area contributed by atoms with E-state index in [0.717, 1.165) is 27.6 Å². The van der Waals surface area contributed by atoms with Crippen molar-refractivity contribution in [1.82, 2.24) is 14.9 Å². The highest BCUT2D eigenvalue weighted by molar-refractivity contribution is 6.36. The highest BCUT2D eigenvalue weighted by atomic mass is 35.5. The first kappa shape index (κ1) is 24.8. The second-order valence-corrected chi connectivity index (χ2v) is 9.85. The van der Waals surface area contributed by atoms with Crippen molar-refractivity contribution in [3.8, 4) is 17.0 Å². The van der Waals surface area contributed by atoms with Crippen LogP contribution in [0.4, 0.5) is 0 Å². The van der Waals surface area contributed by atoms with Gasteiger partial charge in [0.25, 0.3) is 5.91 Å². The van der Waals surface area contributed by atoms with Crippen molar-refractivity contribution in [2.75, 3.05) is 7.11 Å². The third-order valence-corrected chi connectivity index (χ3v) is 7.44. The van der Waals surface area contributed by atoms with E-state index in [1.807, 2.05) is 29.0 Å². The largest absolute Gasteiger partial charge is 0.481 e. The normalized spacial score (nSPS) is 17.5. The van der Waals surface area contributed by atoms with E-state index < -0.39 is 5.97 Å². The van der Waals surface area contributed by atoms with Crippen LogP contribution in [-0.4, -0.2) is 39.7 Å². The number of fused-ring (bicyclic) bond motifs is 1. The number of carbonyl (C=O) groups excluding carboxylic acids is 1. The van der Waals surface area contributed by atoms with Crippen LogP contribution in [0.5, 0.6) is 5.88 Å². The molecule has 0 unspecified atom stereocenters. The molecule has 8 heteroatoms. The quantitative estimate of drug-likeness (QED) is 0.324. The van der Waals surface area contributed by atoms with Gasteiger partial charge in [-0.05, 0) is 66.6 Å². The molecule has 7 nitrogen and oxygen atoms in total. The van der Waals surface area contributed by atoms with E-state index in [9.17, 15) is 14.7 Å². The molecule has 1 aliphatic rings. The smallest absolute Gasteiger partial charge is 0.306 e. The Balaban J connectivity index is 1.36. The van der Waals surface area contributed by atoms with E-state index in [0.29, 0.717) is 48.7 Å². The van der Waals surface area contributed by atoms with Gasteiger partial charge in [0, 0.05) is 41.5 Å². The molecule has 2 aromatic carbocycles. The van der Waals surface area contributed by atoms with Crippen molar-refractivity contribution in [3.05, 3.63) is 83.1 Å². The van der Waals surface area contributed by atoms with Gasteiger partial charge < -0.3 is 19.7 Å². The molecule has 5 rings (SSSR count). The van der Waals surface area contributed by atoms with Gasteiger partial charge in [-0.1, -0.05) is 35.9 Å². The number of hydrogen-bond donors (Lipinski definition) is 2. The number of nitrogens with zero attached hydrogens (tertiary/aromatic N) is 2. The van der Waals surface area contributed by atoms with Gasteiger partial charge >= 0.3 is 5.97 Å². The van der Waals surface area contributed by atoms with E-state index in [1.54, 1.807) is 25.4 Å². The molecule has 0 aliphatic heterocycles. The van der Waals surface area contributed by atoms with Crippen molar-refractivity contribution in [3.63, 3.8) is 0 Å². The van der Waals surface area contributed by atoms with Crippen LogP contribution in [0.3, 0.4) is 0 Å². The van der Waals surface area contributed by atoms with Crippen LogP contribution in [0.15, 0.2) is 67.0 Å². The van der Waals surface area contributed by atoms with Gasteiger partial charge in [-0.3, -0.25) is 9.59 Å². The molecular formula is C29H28ClN3O4. The lowest BCUT2D eigenvalue weighted by Crippen LogP contribution is -2.38. The van der Waals surface area contributed by atoms with Crippen LogP contribution in [0.25, 0.3) is 22.0 Å². The minimum Gasteiger partial charge on any atom is -0.481 e. The molecule has 1 amide bonds. The van der Waals surface area contributed by atoms with Crippen LogP contribution >= 0.6 is 11.6 Å². The van der Waals surface area contributed by atoms with E-state index in [-0.39, 0.29) is 17.9 Å². The van der Waals surface area contributed by atoms with Gasteiger partial charge in [-0.2, -0.15) is 0 Å². The first-order valence-corrected chi connectivity index (χ1v) is 12.7. The SMILES string of the molecule is COc1cc(-c2ccc(Cn3ccc4c(Cl)ccc(C(=O)NC5CCC(C(=O)O)CC5)c43)cc2)ccn1. The zero-order chi connectivity index (χ0) is 25.9. The summed E-state index contributed by atoms with van der Waals surface area (Å²) in [4.78, 5) is 28.7. The van der Waals surface area contributed by atoms with Crippen molar-refractivity contribution < 1.29 is 19.4 Å². The average molecular weight is 518 g/mol. The summed E-state index contributed by atoms with van der Waals surface area (Å²) >= 11 is 6.48. The number of carbonyl (C=O) groups is 2. The van der Waals surface area contributed by atoms with Crippen molar-refractivity contribution in [2.24, 2.45) is 5.92 Å². The van der Waals surface area contributed by atoms with E-state index >= 15 is 0 Å². The van der Waals surface area contributed by atoms with E-state index in [4.69, 9.17) is 16.3 Å². The summed E-state index contributed by atoms with van der Waals surface area (Å²) in [5, 5.41) is 13.8. The second-order valence-electron chi connectivity index (χ2n) is 9.44. The Morgan fingerprint density at radius 3 is 2.51 bits per heavy atom. The molecule has 4 aromatic rings. The first-order chi connectivity index (χ1) is 17.9. The third-order valence-electron chi connectivity index (χ3n) is 7.11. The summed E-state index contributed by atoms with van der Waals surface area (Å²) in [5.74, 6) is -0.671. The first-order valence-electron chi connectivity index (χ1n) is 12.3. The molecule has 37 heavy (non-hydrogen) atoms. The Bertz CT molecular complexity index is 1440. The lowest BCUT2D eigenvalue weighted by Gasteiger charge is -2.27. The Labute approximate surface area is 220 Å². The number of hydrogen-bond acceptors (Lipinski definition) is 4. The molecule has 0 radical (unpaired) electrons. The van der Waals surface area contributed by atoms with Crippen molar-refractivity contribution >= 4 is 34.4 Å². The van der Waals surface area contributed by atoms with Crippen molar-refractivity contribution in [1.29, 1.82) is 0 Å². The Morgan fingerprint density at radius 1 is 1.05 bits per heavy atom. The van der Waals surface area contributed by atoms with Gasteiger partial charge in [0.2, 0.25) is 5.88 Å². The van der Waals surface area contributed by atoms with Gasteiger partial charge in [0.15, 0.2) is 0 Å². The lowest BCUT2D eigenvalue weighted by atomic mass is 9.86. The Hall–Kier alpha value is -3.84. The number of ether oxygens (including phenoxy) is 1. The number of carboxylic acids is 1. The Kier molecular flexibility index (Phi) is 7.15. The predicted octanol–water partition coefficient (Wildman–Crippen LogP) is 5.79. The van der Waals surface area contributed by atoms with Crippen molar-refractivity contribution in [2.45, 2.75) is 38.3 Å². The molecule has 2 heterocycles. The number of aliphatic carboxylic acids is 1. The second kappa shape index (κ2) is 10.6. The number of nitrogens with one attached hydrogen (secondary N) is 1. The summed E-state index contributed by atoms with van der Waals surface area (Å²) in [5.41, 5.74) is 4.51. The van der Waals surface area contributed by atoms with Crippen LogP contribution in [0.2, 0.25) is 5.02 Å². The monoisotopic (exact) mass is 517 g/mol. The molecule has 2 aromatic heterocycles. The van der Waals surface area contributed by atoms with Crippen LogP contribution in [0, 0.1) is 5.92 Å². The van der Waals surface area contributed by atoms with E-state index in [2.05, 4.69) is 34.6 Å². The highest BCUT2D eigenvalue weighted by Gasteiger charge is 2.27. The topological polar surface area (TPSA) is 93.5 Å². The summed E-state index contributed by atoms with van der Waals surface area (Å²) in [6, 6.07) is 17.5. The standard InChI is InChI=1S/C29H28ClN3O4/c1-37-26-16-21(12-14-31-26)19-4-2-18(3-5-19)17-33-15-13-23-25(30)11-10-24(27(23)33)28(34)32-22-8-6-20(7-9-22)29(35)36/h2-5,10-16,20,22H,6-9,17H2,1H3,(H,32,34)(H,35,36). The van der Waals surface area contributed by atoms with Gasteiger partial charge in [-0.25, -0.2) is 4.98 Å². The molecule has 0 atom stereocenters. The maximum Gasteiger partial charge on any atom is 0.306 e. The third kappa shape index (κ3) is 5.32. The summed E-state index contributed by atoms with van der Waals surface area (Å²) in [7, 11) is 1.60. The maximum atomic E-state index is 13.3. The summed E-state index contributed by atoms with van der Waals surface area (Å²) in [6.07, 6.45) is 6.16. The van der Waals surface area contributed by atoms with E-state index in [1.165, 1.54) is 0 Å². The number of pyridine rings is 1. The number of halogens is 1. The molecule has 1 saturated carbocycles. The predicted molar refractivity (Wildman–Crippen MR) is 143 cm³/mol.